The van der Waals surface area contributed by atoms with E-state index in [9.17, 15) is 14.0 Å². The topological polar surface area (TPSA) is 69.6 Å². The average molecular weight is 275 g/mol. The molecule has 1 aromatic carbocycles. The Morgan fingerprint density at radius 2 is 2.17 bits per heavy atom. The lowest BCUT2D eigenvalue weighted by Crippen LogP contribution is -2.38. The molecule has 0 aliphatic rings. The van der Waals surface area contributed by atoms with E-state index in [-0.39, 0.29) is 17.3 Å². The van der Waals surface area contributed by atoms with E-state index >= 15 is 0 Å². The summed E-state index contributed by atoms with van der Waals surface area (Å²) in [7, 11) is 0. The minimum atomic E-state index is -1.11. The fourth-order valence-electron chi connectivity index (χ4n) is 1.28. The SMILES string of the molecule is CCN(CC(=O)O)C(=O)Nc1ccc(F)cc1Cl. The van der Waals surface area contributed by atoms with Crippen LogP contribution in [-0.4, -0.2) is 35.1 Å². The van der Waals surface area contributed by atoms with Crippen LogP contribution >= 0.6 is 11.6 Å². The molecule has 0 aromatic heterocycles. The Morgan fingerprint density at radius 3 is 2.67 bits per heavy atom. The van der Waals surface area contributed by atoms with Crippen LogP contribution in [0.25, 0.3) is 0 Å². The molecule has 0 unspecified atom stereocenters. The second-order valence-corrected chi connectivity index (χ2v) is 3.87. The Balaban J connectivity index is 2.76. The highest BCUT2D eigenvalue weighted by Crippen LogP contribution is 2.22. The van der Waals surface area contributed by atoms with Gasteiger partial charge in [-0.1, -0.05) is 11.6 Å². The number of carboxylic acids is 1. The number of anilines is 1. The van der Waals surface area contributed by atoms with Crippen molar-refractivity contribution >= 4 is 29.3 Å². The molecule has 0 radical (unpaired) electrons. The van der Waals surface area contributed by atoms with Crippen molar-refractivity contribution in [3.8, 4) is 0 Å². The number of urea groups is 1. The Labute approximate surface area is 108 Å². The number of aliphatic carboxylic acids is 1. The molecular weight excluding hydrogens is 263 g/mol. The minimum absolute atomic E-state index is 0.0507. The smallest absolute Gasteiger partial charge is 0.323 e. The first kappa shape index (κ1) is 14.2. The highest BCUT2D eigenvalue weighted by atomic mass is 35.5. The Morgan fingerprint density at radius 1 is 1.50 bits per heavy atom. The summed E-state index contributed by atoms with van der Waals surface area (Å²) in [6, 6.07) is 2.91. The molecule has 0 aliphatic heterocycles. The number of likely N-dealkylation sites (N-methyl/N-ethyl adjacent to an activating group) is 1. The summed E-state index contributed by atoms with van der Waals surface area (Å²) < 4.78 is 12.8. The monoisotopic (exact) mass is 274 g/mol. The molecule has 0 saturated heterocycles. The molecule has 0 saturated carbocycles. The molecule has 2 N–H and O–H groups in total. The number of halogens is 2. The third-order valence-corrected chi connectivity index (χ3v) is 2.48. The lowest BCUT2D eigenvalue weighted by atomic mass is 10.3. The number of carboxylic acid groups (broad SMARTS) is 1. The molecule has 0 fully saturated rings. The van der Waals surface area contributed by atoms with Crippen LogP contribution in [0.5, 0.6) is 0 Å². The van der Waals surface area contributed by atoms with Crippen molar-refractivity contribution in [2.45, 2.75) is 6.92 Å². The van der Waals surface area contributed by atoms with Gasteiger partial charge < -0.3 is 15.3 Å². The number of carbonyl (C=O) groups excluding carboxylic acids is 1. The zero-order valence-corrected chi connectivity index (χ0v) is 10.4. The number of amides is 2. The van der Waals surface area contributed by atoms with Crippen LogP contribution in [0.3, 0.4) is 0 Å². The Hall–Kier alpha value is -1.82. The van der Waals surface area contributed by atoms with Gasteiger partial charge in [0, 0.05) is 6.54 Å². The van der Waals surface area contributed by atoms with Crippen molar-refractivity contribution in [3.05, 3.63) is 29.0 Å². The van der Waals surface area contributed by atoms with Gasteiger partial charge in [-0.3, -0.25) is 4.79 Å². The van der Waals surface area contributed by atoms with Crippen molar-refractivity contribution in [1.82, 2.24) is 4.90 Å². The molecule has 5 nitrogen and oxygen atoms in total. The van der Waals surface area contributed by atoms with E-state index in [1.165, 1.54) is 6.07 Å². The minimum Gasteiger partial charge on any atom is -0.480 e. The molecule has 18 heavy (non-hydrogen) atoms. The fourth-order valence-corrected chi connectivity index (χ4v) is 1.49. The standard InChI is InChI=1S/C11H12ClFN2O3/c1-2-15(6-10(16)17)11(18)14-9-4-3-7(13)5-8(9)12/h3-5H,2,6H2,1H3,(H,14,18)(H,16,17). The summed E-state index contributed by atoms with van der Waals surface area (Å²) in [5.41, 5.74) is 0.229. The lowest BCUT2D eigenvalue weighted by Gasteiger charge is -2.19. The van der Waals surface area contributed by atoms with Crippen LogP contribution in [0.1, 0.15) is 6.92 Å². The van der Waals surface area contributed by atoms with Gasteiger partial charge in [-0.2, -0.15) is 0 Å². The predicted molar refractivity (Wildman–Crippen MR) is 65.3 cm³/mol. The molecule has 0 aliphatic carbocycles. The predicted octanol–water partition coefficient (Wildman–Crippen LogP) is 2.42. The maximum absolute atomic E-state index is 12.8. The number of nitrogens with zero attached hydrogens (tertiary/aromatic N) is 1. The Kier molecular flexibility index (Phi) is 4.91. The summed E-state index contributed by atoms with van der Waals surface area (Å²) in [5, 5.41) is 11.1. The quantitative estimate of drug-likeness (QED) is 0.886. The molecule has 98 valence electrons. The summed E-state index contributed by atoms with van der Waals surface area (Å²) in [4.78, 5) is 23.3. The molecule has 1 aromatic rings. The van der Waals surface area contributed by atoms with E-state index < -0.39 is 24.4 Å². The first-order valence-corrected chi connectivity index (χ1v) is 5.54. The van der Waals surface area contributed by atoms with Gasteiger partial charge in [0.2, 0.25) is 0 Å². The van der Waals surface area contributed by atoms with Gasteiger partial charge in [0.05, 0.1) is 10.7 Å². The van der Waals surface area contributed by atoms with Gasteiger partial charge in [0.25, 0.3) is 0 Å². The summed E-state index contributed by atoms with van der Waals surface area (Å²) >= 11 is 5.74. The van der Waals surface area contributed by atoms with Crippen LogP contribution in [0.4, 0.5) is 14.9 Å². The van der Waals surface area contributed by atoms with E-state index in [4.69, 9.17) is 16.7 Å². The zero-order chi connectivity index (χ0) is 13.7. The fraction of sp³-hybridized carbons (Fsp3) is 0.273. The van der Waals surface area contributed by atoms with E-state index in [0.29, 0.717) is 0 Å². The molecule has 0 bridgehead atoms. The second-order valence-electron chi connectivity index (χ2n) is 3.46. The van der Waals surface area contributed by atoms with Crippen molar-refractivity contribution in [2.75, 3.05) is 18.4 Å². The van der Waals surface area contributed by atoms with Gasteiger partial charge in [-0.15, -0.1) is 0 Å². The third-order valence-electron chi connectivity index (χ3n) is 2.17. The van der Waals surface area contributed by atoms with Gasteiger partial charge in [-0.05, 0) is 25.1 Å². The molecule has 0 atom stereocenters. The van der Waals surface area contributed by atoms with E-state index in [1.54, 1.807) is 6.92 Å². The number of hydrogen-bond donors (Lipinski definition) is 2. The normalized spacial score (nSPS) is 9.94. The van der Waals surface area contributed by atoms with Crippen molar-refractivity contribution < 1.29 is 19.1 Å². The van der Waals surface area contributed by atoms with Crippen LogP contribution in [0.15, 0.2) is 18.2 Å². The van der Waals surface area contributed by atoms with Crippen LogP contribution < -0.4 is 5.32 Å². The second kappa shape index (κ2) is 6.20. The van der Waals surface area contributed by atoms with Gasteiger partial charge in [0.1, 0.15) is 12.4 Å². The van der Waals surface area contributed by atoms with Crippen molar-refractivity contribution in [3.63, 3.8) is 0 Å². The first-order chi connectivity index (χ1) is 8.43. The highest BCUT2D eigenvalue weighted by molar-refractivity contribution is 6.33. The lowest BCUT2D eigenvalue weighted by molar-refractivity contribution is -0.137. The summed E-state index contributed by atoms with van der Waals surface area (Å²) in [6.45, 7) is 1.47. The van der Waals surface area contributed by atoms with Crippen molar-refractivity contribution in [1.29, 1.82) is 0 Å². The number of rotatable bonds is 4. The summed E-state index contributed by atoms with van der Waals surface area (Å²) in [6.07, 6.45) is 0. The molecule has 1 rings (SSSR count). The molecule has 7 heteroatoms. The largest absolute Gasteiger partial charge is 0.480 e. The van der Waals surface area contributed by atoms with Crippen LogP contribution in [0, 0.1) is 5.82 Å². The highest BCUT2D eigenvalue weighted by Gasteiger charge is 2.15. The third kappa shape index (κ3) is 3.89. The molecule has 2 amide bonds. The summed E-state index contributed by atoms with van der Waals surface area (Å²) in [5.74, 6) is -1.63. The average Bonchev–Trinajstić information content (AvgIpc) is 2.29. The van der Waals surface area contributed by atoms with E-state index in [1.807, 2.05) is 0 Å². The Bertz CT molecular complexity index is 468. The van der Waals surface area contributed by atoms with Gasteiger partial charge >= 0.3 is 12.0 Å². The number of carbonyl (C=O) groups is 2. The zero-order valence-electron chi connectivity index (χ0n) is 9.61. The number of benzene rings is 1. The number of nitrogens with one attached hydrogen (secondary N) is 1. The molecule has 0 heterocycles. The van der Waals surface area contributed by atoms with Gasteiger partial charge in [-0.25, -0.2) is 9.18 Å². The first-order valence-electron chi connectivity index (χ1n) is 5.16. The maximum atomic E-state index is 12.8. The van der Waals surface area contributed by atoms with E-state index in [2.05, 4.69) is 5.32 Å². The number of hydrogen-bond acceptors (Lipinski definition) is 2. The van der Waals surface area contributed by atoms with Gasteiger partial charge in [0.15, 0.2) is 0 Å². The maximum Gasteiger partial charge on any atom is 0.323 e. The van der Waals surface area contributed by atoms with E-state index in [0.717, 1.165) is 17.0 Å². The molecular formula is C11H12ClFN2O3. The van der Waals surface area contributed by atoms with Crippen LogP contribution in [0.2, 0.25) is 5.02 Å². The molecule has 0 spiro atoms. The van der Waals surface area contributed by atoms with Crippen LogP contribution in [-0.2, 0) is 4.79 Å². The van der Waals surface area contributed by atoms with Crippen molar-refractivity contribution in [2.24, 2.45) is 0 Å².